The summed E-state index contributed by atoms with van der Waals surface area (Å²) in [6.45, 7) is 1.97. The summed E-state index contributed by atoms with van der Waals surface area (Å²) in [5.41, 5.74) is 0.294. The number of anilines is 1. The summed E-state index contributed by atoms with van der Waals surface area (Å²) in [6.07, 6.45) is 2.40. The maximum absolute atomic E-state index is 10.9. The minimum Gasteiger partial charge on any atom is -0.362 e. The second-order valence-corrected chi connectivity index (χ2v) is 5.64. The van der Waals surface area contributed by atoms with Crippen LogP contribution in [-0.4, -0.2) is 25.2 Å². The number of carbonyl (C=O) groups excluding carboxylic acids is 2. The van der Waals surface area contributed by atoms with Crippen LogP contribution >= 0.6 is 11.3 Å². The van der Waals surface area contributed by atoms with Crippen molar-refractivity contribution in [2.75, 3.05) is 18.0 Å². The highest BCUT2D eigenvalue weighted by molar-refractivity contribution is 7.17. The summed E-state index contributed by atoms with van der Waals surface area (Å²) in [5, 5.41) is 1.15. The van der Waals surface area contributed by atoms with E-state index in [0.717, 1.165) is 42.1 Å². The molecule has 3 rings (SSSR count). The van der Waals surface area contributed by atoms with Gasteiger partial charge in [0.2, 0.25) is 0 Å². The number of ketones is 1. The molecule has 1 saturated carbocycles. The molecule has 1 aliphatic carbocycles. The lowest BCUT2D eigenvalue weighted by molar-refractivity contribution is -0.134. The lowest BCUT2D eigenvalue weighted by Crippen LogP contribution is -2.62. The average molecular weight is 221 g/mol. The van der Waals surface area contributed by atoms with E-state index >= 15 is 0 Å². The average Bonchev–Trinajstić information content (AvgIpc) is 2.56. The lowest BCUT2D eigenvalue weighted by atomic mass is 9.63. The van der Waals surface area contributed by atoms with E-state index in [9.17, 15) is 9.59 Å². The van der Waals surface area contributed by atoms with Gasteiger partial charge in [-0.25, -0.2) is 0 Å². The fraction of sp³-hybridized carbons (Fsp3) is 0.455. The summed E-state index contributed by atoms with van der Waals surface area (Å²) in [4.78, 5) is 24.5. The molecule has 0 aromatic carbocycles. The van der Waals surface area contributed by atoms with Crippen molar-refractivity contribution in [1.82, 2.24) is 0 Å². The summed E-state index contributed by atoms with van der Waals surface area (Å²) in [5.74, 6) is 0.398. The second-order valence-electron chi connectivity index (χ2n) is 4.54. The molecular formula is C11H11NO2S. The first kappa shape index (κ1) is 9.09. The molecule has 1 aromatic heterocycles. The number of rotatable bonds is 2. The van der Waals surface area contributed by atoms with Crippen molar-refractivity contribution >= 4 is 28.4 Å². The van der Waals surface area contributed by atoms with Gasteiger partial charge in [0.05, 0.1) is 9.88 Å². The molecular weight excluding hydrogens is 210 g/mol. The van der Waals surface area contributed by atoms with Crippen LogP contribution in [0.1, 0.15) is 22.5 Å². The number of carbonyl (C=O) groups is 2. The van der Waals surface area contributed by atoms with Crippen molar-refractivity contribution in [3.8, 4) is 0 Å². The molecule has 2 heterocycles. The molecule has 2 fully saturated rings. The molecule has 1 saturated heterocycles. The second kappa shape index (κ2) is 2.92. The molecule has 2 aliphatic rings. The molecule has 15 heavy (non-hydrogen) atoms. The van der Waals surface area contributed by atoms with E-state index in [0.29, 0.717) is 11.2 Å². The molecule has 0 radical (unpaired) electrons. The minimum absolute atomic E-state index is 0.294. The standard InChI is InChI=1S/C11H11NO2S/c13-5-9-1-2-10(15-9)12-6-11(7-12)3-8(14)4-11/h1-2,5H,3-4,6-7H2. The molecule has 0 N–H and O–H groups in total. The van der Waals surface area contributed by atoms with Crippen LogP contribution < -0.4 is 4.90 Å². The summed E-state index contributed by atoms with van der Waals surface area (Å²) in [7, 11) is 0. The van der Waals surface area contributed by atoms with Crippen LogP contribution in [0.15, 0.2) is 12.1 Å². The van der Waals surface area contributed by atoms with Crippen LogP contribution in [0.25, 0.3) is 0 Å². The van der Waals surface area contributed by atoms with Crippen LogP contribution in [0.5, 0.6) is 0 Å². The molecule has 0 unspecified atom stereocenters. The molecule has 78 valence electrons. The zero-order valence-corrected chi connectivity index (χ0v) is 9.05. The first-order valence-electron chi connectivity index (χ1n) is 5.02. The van der Waals surface area contributed by atoms with Crippen molar-refractivity contribution in [3.63, 3.8) is 0 Å². The van der Waals surface area contributed by atoms with E-state index in [4.69, 9.17) is 0 Å². The van der Waals surface area contributed by atoms with Crippen LogP contribution in [0, 0.1) is 5.41 Å². The van der Waals surface area contributed by atoms with E-state index in [1.54, 1.807) is 0 Å². The van der Waals surface area contributed by atoms with E-state index < -0.39 is 0 Å². The summed E-state index contributed by atoms with van der Waals surface area (Å²) >= 11 is 1.53. The van der Waals surface area contributed by atoms with Crippen molar-refractivity contribution < 1.29 is 9.59 Å². The molecule has 0 amide bonds. The number of aldehydes is 1. The number of hydrogen-bond donors (Lipinski definition) is 0. The molecule has 0 atom stereocenters. The monoisotopic (exact) mass is 221 g/mol. The van der Waals surface area contributed by atoms with Crippen molar-refractivity contribution in [2.45, 2.75) is 12.8 Å². The Morgan fingerprint density at radius 3 is 2.60 bits per heavy atom. The van der Waals surface area contributed by atoms with Crippen molar-refractivity contribution in [3.05, 3.63) is 17.0 Å². The fourth-order valence-corrected chi connectivity index (χ4v) is 3.32. The Balaban J connectivity index is 1.67. The van der Waals surface area contributed by atoms with E-state index in [-0.39, 0.29) is 0 Å². The van der Waals surface area contributed by atoms with Gasteiger partial charge in [-0.05, 0) is 12.1 Å². The zero-order valence-electron chi connectivity index (χ0n) is 8.23. The predicted octanol–water partition coefficient (Wildman–Crippen LogP) is 1.73. The summed E-state index contributed by atoms with van der Waals surface area (Å²) < 4.78 is 0. The number of hydrogen-bond acceptors (Lipinski definition) is 4. The Labute approximate surface area is 91.7 Å². The molecule has 4 heteroatoms. The molecule has 1 spiro atoms. The Kier molecular flexibility index (Phi) is 1.77. The maximum atomic E-state index is 10.9. The zero-order chi connectivity index (χ0) is 10.5. The smallest absolute Gasteiger partial charge is 0.160 e. The first-order valence-corrected chi connectivity index (χ1v) is 5.84. The van der Waals surface area contributed by atoms with Gasteiger partial charge in [-0.2, -0.15) is 0 Å². The van der Waals surface area contributed by atoms with Crippen LogP contribution in [0.2, 0.25) is 0 Å². The van der Waals surface area contributed by atoms with Gasteiger partial charge in [0.1, 0.15) is 5.78 Å². The van der Waals surface area contributed by atoms with Crippen LogP contribution in [0.4, 0.5) is 5.00 Å². The van der Waals surface area contributed by atoms with Gasteiger partial charge in [-0.15, -0.1) is 11.3 Å². The quantitative estimate of drug-likeness (QED) is 0.714. The molecule has 1 aliphatic heterocycles. The van der Waals surface area contributed by atoms with Crippen molar-refractivity contribution in [2.24, 2.45) is 5.41 Å². The third-order valence-electron chi connectivity index (χ3n) is 3.24. The molecule has 0 bridgehead atoms. The van der Waals surface area contributed by atoms with Crippen LogP contribution in [-0.2, 0) is 4.79 Å². The van der Waals surface area contributed by atoms with Gasteiger partial charge in [0, 0.05) is 31.3 Å². The van der Waals surface area contributed by atoms with Crippen LogP contribution in [0.3, 0.4) is 0 Å². The van der Waals surface area contributed by atoms with Gasteiger partial charge in [0.15, 0.2) is 6.29 Å². The largest absolute Gasteiger partial charge is 0.362 e. The highest BCUT2D eigenvalue weighted by atomic mass is 32.1. The third-order valence-corrected chi connectivity index (χ3v) is 4.31. The summed E-state index contributed by atoms with van der Waals surface area (Å²) in [6, 6.07) is 3.84. The predicted molar refractivity (Wildman–Crippen MR) is 58.6 cm³/mol. The van der Waals surface area contributed by atoms with E-state index in [1.165, 1.54) is 11.3 Å². The highest BCUT2D eigenvalue weighted by Crippen LogP contribution is 2.48. The Morgan fingerprint density at radius 2 is 2.07 bits per heavy atom. The number of thiophene rings is 1. The Bertz CT molecular complexity index is 422. The number of Topliss-reactive ketones (excluding diaryl/α,β-unsaturated/α-hetero) is 1. The Hall–Kier alpha value is -1.16. The fourth-order valence-electron chi connectivity index (χ4n) is 2.50. The normalized spacial score (nSPS) is 22.4. The lowest BCUT2D eigenvalue weighted by Gasteiger charge is -2.55. The van der Waals surface area contributed by atoms with Gasteiger partial charge in [-0.1, -0.05) is 0 Å². The van der Waals surface area contributed by atoms with Crippen molar-refractivity contribution in [1.29, 1.82) is 0 Å². The Morgan fingerprint density at radius 1 is 1.33 bits per heavy atom. The van der Waals surface area contributed by atoms with Gasteiger partial charge in [-0.3, -0.25) is 9.59 Å². The van der Waals surface area contributed by atoms with Gasteiger partial charge >= 0.3 is 0 Å². The number of nitrogens with zero attached hydrogens (tertiary/aromatic N) is 1. The topological polar surface area (TPSA) is 37.4 Å². The van der Waals surface area contributed by atoms with Gasteiger partial charge in [0.25, 0.3) is 0 Å². The molecule has 3 nitrogen and oxygen atoms in total. The SMILES string of the molecule is O=Cc1ccc(N2CC3(CC(=O)C3)C2)s1. The first-order chi connectivity index (χ1) is 7.21. The maximum Gasteiger partial charge on any atom is 0.160 e. The van der Waals surface area contributed by atoms with E-state index in [2.05, 4.69) is 4.90 Å². The van der Waals surface area contributed by atoms with E-state index in [1.807, 2.05) is 12.1 Å². The highest BCUT2D eigenvalue weighted by Gasteiger charge is 2.52. The third kappa shape index (κ3) is 1.32. The minimum atomic E-state index is 0.294. The molecule has 1 aromatic rings. The van der Waals surface area contributed by atoms with Gasteiger partial charge < -0.3 is 4.90 Å².